The highest BCUT2D eigenvalue weighted by atomic mass is 19.1. The van der Waals surface area contributed by atoms with Crippen LogP contribution < -0.4 is 0 Å². The van der Waals surface area contributed by atoms with Crippen molar-refractivity contribution in [1.29, 1.82) is 5.26 Å². The highest BCUT2D eigenvalue weighted by Crippen LogP contribution is 2.18. The Morgan fingerprint density at radius 3 is 2.85 bits per heavy atom. The van der Waals surface area contributed by atoms with Crippen molar-refractivity contribution in [3.8, 4) is 6.07 Å². The fourth-order valence-electron chi connectivity index (χ4n) is 2.97. The van der Waals surface area contributed by atoms with Gasteiger partial charge in [0.25, 0.3) is 0 Å². The first-order valence-electron chi connectivity index (χ1n) is 8.51. The normalized spacial score (nSPS) is 11.6. The van der Waals surface area contributed by atoms with Crippen LogP contribution in [0.5, 0.6) is 0 Å². The van der Waals surface area contributed by atoms with Gasteiger partial charge in [-0.15, -0.1) is 10.2 Å². The summed E-state index contributed by atoms with van der Waals surface area (Å²) >= 11 is 0. The second kappa shape index (κ2) is 7.86. The summed E-state index contributed by atoms with van der Waals surface area (Å²) < 4.78 is 15.7. The SMILES string of the molecule is CCCc1c(CN(C)C(=NC)c2ncccc2F)ncn2c(C#N)nnc12. The number of hydrogen-bond donors (Lipinski definition) is 0. The maximum absolute atomic E-state index is 14.1. The van der Waals surface area contributed by atoms with Crippen LogP contribution in [0.25, 0.3) is 5.65 Å². The minimum atomic E-state index is -0.432. The molecule has 0 radical (unpaired) electrons. The fraction of sp³-hybridized carbons (Fsp3) is 0.333. The number of fused-ring (bicyclic) bond motifs is 1. The molecule has 0 aliphatic carbocycles. The zero-order valence-electron chi connectivity index (χ0n) is 15.4. The van der Waals surface area contributed by atoms with Crippen LogP contribution in [0.15, 0.2) is 29.6 Å². The Labute approximate surface area is 156 Å². The average Bonchev–Trinajstić information content (AvgIpc) is 3.09. The lowest BCUT2D eigenvalue weighted by molar-refractivity contribution is 0.483. The highest BCUT2D eigenvalue weighted by molar-refractivity contribution is 5.97. The fourth-order valence-corrected chi connectivity index (χ4v) is 2.97. The third kappa shape index (κ3) is 3.46. The highest BCUT2D eigenvalue weighted by Gasteiger charge is 2.19. The summed E-state index contributed by atoms with van der Waals surface area (Å²) in [6.07, 6.45) is 4.70. The van der Waals surface area contributed by atoms with Gasteiger partial charge in [0.15, 0.2) is 17.3 Å². The second-order valence-corrected chi connectivity index (χ2v) is 5.99. The van der Waals surface area contributed by atoms with E-state index >= 15 is 0 Å². The Morgan fingerprint density at radius 1 is 1.37 bits per heavy atom. The summed E-state index contributed by atoms with van der Waals surface area (Å²) in [5.74, 6) is 0.191. The number of nitriles is 1. The summed E-state index contributed by atoms with van der Waals surface area (Å²) in [5.41, 5.74) is 2.50. The van der Waals surface area contributed by atoms with Gasteiger partial charge < -0.3 is 4.90 Å². The molecular formula is C18H19FN8. The van der Waals surface area contributed by atoms with Gasteiger partial charge in [0.1, 0.15) is 18.1 Å². The predicted octanol–water partition coefficient (Wildman–Crippen LogP) is 1.99. The second-order valence-electron chi connectivity index (χ2n) is 5.99. The molecule has 0 fully saturated rings. The topological polar surface area (TPSA) is 95.4 Å². The van der Waals surface area contributed by atoms with Crippen LogP contribution in [0, 0.1) is 17.1 Å². The van der Waals surface area contributed by atoms with E-state index in [9.17, 15) is 4.39 Å². The third-order valence-corrected chi connectivity index (χ3v) is 4.17. The Kier molecular flexibility index (Phi) is 5.35. The van der Waals surface area contributed by atoms with E-state index in [0.717, 1.165) is 24.1 Å². The lowest BCUT2D eigenvalue weighted by Gasteiger charge is -2.22. The van der Waals surface area contributed by atoms with Gasteiger partial charge in [-0.1, -0.05) is 13.3 Å². The van der Waals surface area contributed by atoms with Crippen LogP contribution >= 0.6 is 0 Å². The molecule has 8 nitrogen and oxygen atoms in total. The number of aliphatic imine (C=N–C) groups is 1. The number of hydrogen-bond acceptors (Lipinski definition) is 6. The molecule has 3 aromatic rings. The van der Waals surface area contributed by atoms with E-state index in [0.29, 0.717) is 18.0 Å². The molecular weight excluding hydrogens is 347 g/mol. The van der Waals surface area contributed by atoms with Gasteiger partial charge in [-0.3, -0.25) is 9.39 Å². The van der Waals surface area contributed by atoms with Crippen molar-refractivity contribution in [2.75, 3.05) is 14.1 Å². The van der Waals surface area contributed by atoms with E-state index in [4.69, 9.17) is 5.26 Å². The van der Waals surface area contributed by atoms with Crippen molar-refractivity contribution in [2.24, 2.45) is 4.99 Å². The average molecular weight is 366 g/mol. The first kappa shape index (κ1) is 18.4. The molecule has 3 heterocycles. The summed E-state index contributed by atoms with van der Waals surface area (Å²) in [6, 6.07) is 4.90. The number of rotatable bonds is 5. The summed E-state index contributed by atoms with van der Waals surface area (Å²) in [4.78, 5) is 14.6. The molecule has 0 bridgehead atoms. The number of aromatic nitrogens is 5. The third-order valence-electron chi connectivity index (χ3n) is 4.17. The number of halogens is 1. The van der Waals surface area contributed by atoms with Gasteiger partial charge in [-0.05, 0) is 18.6 Å². The van der Waals surface area contributed by atoms with E-state index in [2.05, 4.69) is 32.1 Å². The molecule has 0 aliphatic rings. The van der Waals surface area contributed by atoms with E-state index in [1.54, 1.807) is 28.7 Å². The van der Waals surface area contributed by atoms with E-state index < -0.39 is 5.82 Å². The molecule has 0 aliphatic heterocycles. The van der Waals surface area contributed by atoms with Crippen LogP contribution in [-0.4, -0.2) is 49.4 Å². The zero-order valence-corrected chi connectivity index (χ0v) is 15.4. The van der Waals surface area contributed by atoms with Crippen molar-refractivity contribution < 1.29 is 4.39 Å². The van der Waals surface area contributed by atoms with Crippen LogP contribution in [0.1, 0.15) is 36.1 Å². The lowest BCUT2D eigenvalue weighted by atomic mass is 10.1. The molecule has 3 aromatic heterocycles. The van der Waals surface area contributed by atoms with Crippen LogP contribution in [0.4, 0.5) is 4.39 Å². The summed E-state index contributed by atoms with van der Waals surface area (Å²) in [7, 11) is 3.41. The number of amidine groups is 1. The minimum absolute atomic E-state index is 0.190. The van der Waals surface area contributed by atoms with Gasteiger partial charge in [-0.25, -0.2) is 14.4 Å². The molecule has 0 saturated carbocycles. The molecule has 0 N–H and O–H groups in total. The van der Waals surface area contributed by atoms with Crippen LogP contribution in [0.3, 0.4) is 0 Å². The molecule has 0 amide bonds. The van der Waals surface area contributed by atoms with Gasteiger partial charge >= 0.3 is 0 Å². The van der Waals surface area contributed by atoms with Crippen molar-refractivity contribution in [3.05, 3.63) is 53.2 Å². The Hall–Kier alpha value is -3.41. The van der Waals surface area contributed by atoms with Gasteiger partial charge in [-0.2, -0.15) is 5.26 Å². The Morgan fingerprint density at radius 2 is 2.19 bits per heavy atom. The molecule has 0 aromatic carbocycles. The molecule has 0 saturated heterocycles. The van der Waals surface area contributed by atoms with Crippen molar-refractivity contribution in [3.63, 3.8) is 0 Å². The molecule has 27 heavy (non-hydrogen) atoms. The largest absolute Gasteiger partial charge is 0.352 e. The van der Waals surface area contributed by atoms with Crippen molar-refractivity contribution >= 4 is 11.5 Å². The zero-order chi connectivity index (χ0) is 19.4. The van der Waals surface area contributed by atoms with Crippen molar-refractivity contribution in [2.45, 2.75) is 26.3 Å². The number of aryl methyl sites for hydroxylation is 1. The van der Waals surface area contributed by atoms with Crippen LogP contribution in [-0.2, 0) is 13.0 Å². The summed E-state index contributed by atoms with van der Waals surface area (Å²) in [5, 5.41) is 17.2. The standard InChI is InChI=1S/C18H19FN8/c1-4-6-12-14(23-11-27-15(9-20)24-25-17(12)27)10-26(3)18(21-2)16-13(19)7-5-8-22-16/h5,7-8,11H,4,6,10H2,1-3H3. The van der Waals surface area contributed by atoms with E-state index in [1.807, 2.05) is 13.1 Å². The van der Waals surface area contributed by atoms with E-state index in [-0.39, 0.29) is 11.5 Å². The van der Waals surface area contributed by atoms with Crippen molar-refractivity contribution in [1.82, 2.24) is 29.5 Å². The monoisotopic (exact) mass is 366 g/mol. The van der Waals surface area contributed by atoms with Gasteiger partial charge in [0.05, 0.1) is 12.2 Å². The Bertz CT molecular complexity index is 1030. The quantitative estimate of drug-likeness (QED) is 0.506. The molecule has 0 spiro atoms. The molecule has 0 atom stereocenters. The smallest absolute Gasteiger partial charge is 0.240 e. The maximum Gasteiger partial charge on any atom is 0.240 e. The molecule has 0 unspecified atom stereocenters. The first-order valence-corrected chi connectivity index (χ1v) is 8.51. The van der Waals surface area contributed by atoms with Gasteiger partial charge in [0.2, 0.25) is 5.82 Å². The molecule has 9 heteroatoms. The van der Waals surface area contributed by atoms with Gasteiger partial charge in [0, 0.05) is 25.9 Å². The molecule has 3 rings (SSSR count). The lowest BCUT2D eigenvalue weighted by Crippen LogP contribution is -2.30. The first-order chi connectivity index (χ1) is 13.1. The molecule has 138 valence electrons. The number of pyridine rings is 1. The minimum Gasteiger partial charge on any atom is -0.352 e. The van der Waals surface area contributed by atoms with Crippen LogP contribution in [0.2, 0.25) is 0 Å². The summed E-state index contributed by atoms with van der Waals surface area (Å²) in [6.45, 7) is 2.45. The maximum atomic E-state index is 14.1. The number of nitrogens with zero attached hydrogens (tertiary/aromatic N) is 8. The Balaban J connectivity index is 1.99. The predicted molar refractivity (Wildman–Crippen MR) is 97.6 cm³/mol. The van der Waals surface area contributed by atoms with E-state index in [1.165, 1.54) is 12.3 Å².